The Bertz CT molecular complexity index is 858. The summed E-state index contributed by atoms with van der Waals surface area (Å²) in [5.41, 5.74) is 2.88. The highest BCUT2D eigenvalue weighted by Gasteiger charge is 2.19. The van der Waals surface area contributed by atoms with Gasteiger partial charge in [-0.1, -0.05) is 41.9 Å². The number of halogens is 1. The molecule has 124 valence electrons. The van der Waals surface area contributed by atoms with E-state index in [1.807, 2.05) is 66.9 Å². The number of fused-ring (bicyclic) bond motifs is 1. The second-order valence-electron chi connectivity index (χ2n) is 6.02. The monoisotopic (exact) mass is 341 g/mol. The largest absolute Gasteiger partial charge is 0.352 e. The van der Waals surface area contributed by atoms with Crippen LogP contribution < -0.4 is 5.32 Å². The number of para-hydroxylation sites is 2. The number of rotatable bonds is 5. The molecule has 2 aromatic carbocycles. The molecule has 0 spiro atoms. The number of hydrogen-bond acceptors (Lipinski definition) is 2. The number of carbonyl (C=O) groups excluding carboxylic acids is 1. The highest BCUT2D eigenvalue weighted by atomic mass is 35.5. The second-order valence-corrected chi connectivity index (χ2v) is 6.43. The summed E-state index contributed by atoms with van der Waals surface area (Å²) in [7, 11) is 0. The molecule has 0 bridgehead atoms. The minimum Gasteiger partial charge on any atom is -0.352 e. The van der Waals surface area contributed by atoms with Crippen molar-refractivity contribution >= 4 is 28.5 Å². The molecule has 0 fully saturated rings. The lowest BCUT2D eigenvalue weighted by Crippen LogP contribution is -2.38. The summed E-state index contributed by atoms with van der Waals surface area (Å²) < 4.78 is 1.90. The lowest BCUT2D eigenvalue weighted by Gasteiger charge is -2.19. The summed E-state index contributed by atoms with van der Waals surface area (Å²) in [6.45, 7) is 3.87. The average molecular weight is 342 g/mol. The van der Waals surface area contributed by atoms with Gasteiger partial charge in [0.25, 0.3) is 0 Å². The normalized spacial score (nSPS) is 13.6. The fraction of sp³-hybridized carbons (Fsp3) is 0.263. The second kappa shape index (κ2) is 7.05. The van der Waals surface area contributed by atoms with Crippen LogP contribution in [0.2, 0.25) is 5.02 Å². The average Bonchev–Trinajstić information content (AvgIpc) is 3.00. The van der Waals surface area contributed by atoms with Gasteiger partial charge in [0.05, 0.1) is 17.4 Å². The standard InChI is InChI=1S/C19H20ClN3O/c1-13(11-15-7-3-4-8-16(15)20)22-19(24)14(2)23-12-21-17-9-5-6-10-18(17)23/h3-10,12-14H,11H2,1-2H3,(H,22,24)/t13-,14+/m1/s1. The quantitative estimate of drug-likeness (QED) is 0.762. The van der Waals surface area contributed by atoms with Gasteiger partial charge in [-0.25, -0.2) is 4.98 Å². The van der Waals surface area contributed by atoms with Gasteiger partial charge in [-0.2, -0.15) is 0 Å². The van der Waals surface area contributed by atoms with E-state index >= 15 is 0 Å². The van der Waals surface area contributed by atoms with E-state index in [9.17, 15) is 4.79 Å². The van der Waals surface area contributed by atoms with E-state index in [0.29, 0.717) is 6.42 Å². The molecule has 1 heterocycles. The molecule has 1 amide bonds. The van der Waals surface area contributed by atoms with Crippen LogP contribution in [0.5, 0.6) is 0 Å². The first-order valence-corrected chi connectivity index (χ1v) is 8.39. The predicted molar refractivity (Wildman–Crippen MR) is 97.2 cm³/mol. The van der Waals surface area contributed by atoms with Crippen LogP contribution >= 0.6 is 11.6 Å². The Balaban J connectivity index is 1.69. The topological polar surface area (TPSA) is 46.9 Å². The van der Waals surface area contributed by atoms with Gasteiger partial charge in [-0.15, -0.1) is 0 Å². The molecular formula is C19H20ClN3O. The summed E-state index contributed by atoms with van der Waals surface area (Å²) in [6, 6.07) is 15.2. The third-order valence-corrected chi connectivity index (χ3v) is 4.52. The third kappa shape index (κ3) is 3.44. The molecule has 3 rings (SSSR count). The molecule has 5 heteroatoms. The molecule has 24 heavy (non-hydrogen) atoms. The van der Waals surface area contributed by atoms with Gasteiger partial charge in [0.1, 0.15) is 6.04 Å². The summed E-state index contributed by atoms with van der Waals surface area (Å²) in [6.07, 6.45) is 2.41. The molecular weight excluding hydrogens is 322 g/mol. The van der Waals surface area contributed by atoms with E-state index in [1.165, 1.54) is 0 Å². The van der Waals surface area contributed by atoms with E-state index < -0.39 is 0 Å². The molecule has 0 aliphatic rings. The van der Waals surface area contributed by atoms with Crippen LogP contribution in [-0.2, 0) is 11.2 Å². The van der Waals surface area contributed by atoms with Crippen molar-refractivity contribution in [3.05, 3.63) is 65.4 Å². The van der Waals surface area contributed by atoms with Crippen molar-refractivity contribution in [1.29, 1.82) is 0 Å². The lowest BCUT2D eigenvalue weighted by atomic mass is 10.1. The number of nitrogens with zero attached hydrogens (tertiary/aromatic N) is 2. The van der Waals surface area contributed by atoms with Crippen LogP contribution in [0.1, 0.15) is 25.5 Å². The smallest absolute Gasteiger partial charge is 0.243 e. The Morgan fingerprint density at radius 3 is 2.67 bits per heavy atom. The lowest BCUT2D eigenvalue weighted by molar-refractivity contribution is -0.124. The first kappa shape index (κ1) is 16.5. The molecule has 0 unspecified atom stereocenters. The van der Waals surface area contributed by atoms with Gasteiger partial charge < -0.3 is 9.88 Å². The Hall–Kier alpha value is -2.33. The van der Waals surface area contributed by atoms with Crippen LogP contribution in [-0.4, -0.2) is 21.5 Å². The molecule has 0 saturated heterocycles. The van der Waals surface area contributed by atoms with Crippen molar-refractivity contribution in [3.63, 3.8) is 0 Å². The minimum absolute atomic E-state index is 0.00497. The minimum atomic E-state index is -0.328. The maximum Gasteiger partial charge on any atom is 0.243 e. The number of carbonyl (C=O) groups is 1. The van der Waals surface area contributed by atoms with Crippen LogP contribution in [0.15, 0.2) is 54.9 Å². The summed E-state index contributed by atoms with van der Waals surface area (Å²) in [4.78, 5) is 16.9. The molecule has 1 N–H and O–H groups in total. The van der Waals surface area contributed by atoms with Crippen molar-refractivity contribution in [3.8, 4) is 0 Å². The number of imidazole rings is 1. The van der Waals surface area contributed by atoms with Crippen molar-refractivity contribution in [2.24, 2.45) is 0 Å². The maximum absolute atomic E-state index is 12.6. The molecule has 0 aliphatic carbocycles. The number of amides is 1. The Labute approximate surface area is 146 Å². The fourth-order valence-corrected chi connectivity index (χ4v) is 3.03. The third-order valence-electron chi connectivity index (χ3n) is 4.15. The van der Waals surface area contributed by atoms with Gasteiger partial charge in [-0.05, 0) is 44.0 Å². The van der Waals surface area contributed by atoms with Crippen LogP contribution in [0, 0.1) is 0 Å². The van der Waals surface area contributed by atoms with Crippen molar-refractivity contribution < 1.29 is 4.79 Å². The van der Waals surface area contributed by atoms with Crippen molar-refractivity contribution in [2.75, 3.05) is 0 Å². The van der Waals surface area contributed by atoms with Gasteiger partial charge in [-0.3, -0.25) is 4.79 Å². The zero-order valence-corrected chi connectivity index (χ0v) is 14.5. The van der Waals surface area contributed by atoms with Crippen LogP contribution in [0.25, 0.3) is 11.0 Å². The van der Waals surface area contributed by atoms with Gasteiger partial charge in [0.2, 0.25) is 5.91 Å². The molecule has 1 aromatic heterocycles. The first-order valence-electron chi connectivity index (χ1n) is 8.01. The number of aromatic nitrogens is 2. The molecule has 0 aliphatic heterocycles. The van der Waals surface area contributed by atoms with Crippen molar-refractivity contribution in [1.82, 2.24) is 14.9 Å². The SMILES string of the molecule is C[C@H](Cc1ccccc1Cl)NC(=O)[C@H](C)n1cnc2ccccc21. The Morgan fingerprint density at radius 1 is 1.17 bits per heavy atom. The van der Waals surface area contributed by atoms with E-state index in [4.69, 9.17) is 11.6 Å². The van der Waals surface area contributed by atoms with E-state index in [1.54, 1.807) is 6.33 Å². The number of benzene rings is 2. The van der Waals surface area contributed by atoms with Crippen molar-refractivity contribution in [2.45, 2.75) is 32.4 Å². The van der Waals surface area contributed by atoms with E-state index in [-0.39, 0.29) is 18.0 Å². The zero-order chi connectivity index (χ0) is 17.1. The van der Waals surface area contributed by atoms with Crippen LogP contribution in [0.3, 0.4) is 0 Å². The zero-order valence-electron chi connectivity index (χ0n) is 13.7. The summed E-state index contributed by atoms with van der Waals surface area (Å²) in [5, 5.41) is 3.79. The molecule has 0 radical (unpaired) electrons. The molecule has 0 saturated carbocycles. The van der Waals surface area contributed by atoms with Gasteiger partial charge >= 0.3 is 0 Å². The Kier molecular flexibility index (Phi) is 4.86. The summed E-state index contributed by atoms with van der Waals surface area (Å²) >= 11 is 6.19. The number of hydrogen-bond donors (Lipinski definition) is 1. The van der Waals surface area contributed by atoms with Gasteiger partial charge in [0, 0.05) is 11.1 Å². The molecule has 3 aromatic rings. The molecule has 4 nitrogen and oxygen atoms in total. The predicted octanol–water partition coefficient (Wildman–Crippen LogP) is 4.00. The summed E-state index contributed by atoms with van der Waals surface area (Å²) in [5.74, 6) is -0.0299. The van der Waals surface area contributed by atoms with Gasteiger partial charge in [0.15, 0.2) is 0 Å². The van der Waals surface area contributed by atoms with Crippen LogP contribution in [0.4, 0.5) is 0 Å². The highest BCUT2D eigenvalue weighted by molar-refractivity contribution is 6.31. The Morgan fingerprint density at radius 2 is 1.88 bits per heavy atom. The fourth-order valence-electron chi connectivity index (χ4n) is 2.82. The van der Waals surface area contributed by atoms with E-state index in [0.717, 1.165) is 21.6 Å². The van der Waals surface area contributed by atoms with E-state index in [2.05, 4.69) is 10.3 Å². The molecule has 2 atom stereocenters. The number of nitrogens with one attached hydrogen (secondary N) is 1. The first-order chi connectivity index (χ1) is 11.6. The highest BCUT2D eigenvalue weighted by Crippen LogP contribution is 2.19. The maximum atomic E-state index is 12.6.